The molecular weight excluding hydrogens is 202 g/mol. The number of fused-ring (bicyclic) bond motifs is 1. The van der Waals surface area contributed by atoms with Crippen LogP contribution < -0.4 is 5.73 Å². The van der Waals surface area contributed by atoms with Crippen LogP contribution in [0.25, 0.3) is 11.3 Å². The molecule has 0 fully saturated rings. The minimum Gasteiger partial charge on any atom is -0.382 e. The summed E-state index contributed by atoms with van der Waals surface area (Å²) in [5.41, 5.74) is 10.3. The van der Waals surface area contributed by atoms with Gasteiger partial charge in [-0.1, -0.05) is 12.1 Å². The summed E-state index contributed by atoms with van der Waals surface area (Å²) >= 11 is 0. The number of anilines is 1. The van der Waals surface area contributed by atoms with E-state index in [-0.39, 0.29) is 0 Å². The molecule has 2 heterocycles. The Labute approximate surface area is 93.4 Å². The quantitative estimate of drug-likeness (QED) is 0.761. The zero-order valence-corrected chi connectivity index (χ0v) is 8.86. The van der Waals surface area contributed by atoms with Crippen LogP contribution in [0.2, 0.25) is 0 Å². The lowest BCUT2D eigenvalue weighted by Crippen LogP contribution is -2.09. The number of aromatic nitrogens is 2. The molecule has 1 aliphatic rings. The second-order valence-electron chi connectivity index (χ2n) is 3.99. The molecule has 3 rings (SSSR count). The Morgan fingerprint density at radius 2 is 2.19 bits per heavy atom. The number of aromatic amines is 1. The third-order valence-corrected chi connectivity index (χ3v) is 2.89. The van der Waals surface area contributed by atoms with Gasteiger partial charge in [0.2, 0.25) is 0 Å². The maximum atomic E-state index is 5.59. The van der Waals surface area contributed by atoms with Crippen molar-refractivity contribution in [2.75, 3.05) is 12.3 Å². The molecule has 0 amide bonds. The van der Waals surface area contributed by atoms with Crippen molar-refractivity contribution in [3.05, 3.63) is 35.4 Å². The van der Waals surface area contributed by atoms with E-state index in [1.165, 1.54) is 11.1 Å². The Morgan fingerprint density at radius 1 is 1.25 bits per heavy atom. The summed E-state index contributed by atoms with van der Waals surface area (Å²) in [6.07, 6.45) is 0.979. The summed E-state index contributed by atoms with van der Waals surface area (Å²) in [5, 5.41) is 6.86. The van der Waals surface area contributed by atoms with Crippen molar-refractivity contribution in [2.45, 2.75) is 13.0 Å². The number of hydrogen-bond acceptors (Lipinski definition) is 3. The van der Waals surface area contributed by atoms with Gasteiger partial charge in [-0.3, -0.25) is 5.10 Å². The molecule has 1 aliphatic heterocycles. The van der Waals surface area contributed by atoms with E-state index in [9.17, 15) is 0 Å². The van der Waals surface area contributed by atoms with Crippen molar-refractivity contribution in [3.8, 4) is 11.3 Å². The molecule has 0 spiro atoms. The van der Waals surface area contributed by atoms with Crippen LogP contribution in [0.4, 0.5) is 5.82 Å². The van der Waals surface area contributed by atoms with Gasteiger partial charge < -0.3 is 10.5 Å². The first-order chi connectivity index (χ1) is 7.83. The Hall–Kier alpha value is -1.81. The van der Waals surface area contributed by atoms with Crippen LogP contribution in [-0.4, -0.2) is 16.8 Å². The zero-order valence-electron chi connectivity index (χ0n) is 8.86. The van der Waals surface area contributed by atoms with E-state index in [1.807, 2.05) is 6.07 Å². The van der Waals surface area contributed by atoms with Crippen LogP contribution in [0.5, 0.6) is 0 Å². The third-order valence-electron chi connectivity index (χ3n) is 2.89. The normalized spacial score (nSPS) is 14.8. The topological polar surface area (TPSA) is 63.9 Å². The molecule has 0 saturated heterocycles. The van der Waals surface area contributed by atoms with Crippen molar-refractivity contribution >= 4 is 5.82 Å². The summed E-state index contributed by atoms with van der Waals surface area (Å²) in [7, 11) is 0. The predicted octanol–water partition coefficient (Wildman–Crippen LogP) is 1.73. The lowest BCUT2D eigenvalue weighted by Gasteiger charge is -2.16. The summed E-state index contributed by atoms with van der Waals surface area (Å²) in [4.78, 5) is 0. The fourth-order valence-electron chi connectivity index (χ4n) is 2.02. The van der Waals surface area contributed by atoms with Gasteiger partial charge in [0.25, 0.3) is 0 Å². The van der Waals surface area contributed by atoms with Crippen molar-refractivity contribution in [3.63, 3.8) is 0 Å². The van der Waals surface area contributed by atoms with Crippen LogP contribution >= 0.6 is 0 Å². The highest BCUT2D eigenvalue weighted by Gasteiger charge is 2.11. The molecule has 0 aliphatic carbocycles. The largest absolute Gasteiger partial charge is 0.382 e. The highest BCUT2D eigenvalue weighted by molar-refractivity contribution is 5.63. The molecule has 0 unspecified atom stereocenters. The Kier molecular flexibility index (Phi) is 2.15. The van der Waals surface area contributed by atoms with Crippen LogP contribution in [0.15, 0.2) is 24.3 Å². The number of nitrogen functional groups attached to an aromatic ring is 1. The number of nitrogens with one attached hydrogen (secondary N) is 1. The smallest absolute Gasteiger partial charge is 0.145 e. The van der Waals surface area contributed by atoms with Crippen molar-refractivity contribution in [2.24, 2.45) is 0 Å². The van der Waals surface area contributed by atoms with Gasteiger partial charge in [-0.05, 0) is 29.2 Å². The lowest BCUT2D eigenvalue weighted by molar-refractivity contribution is 0.111. The first-order valence-electron chi connectivity index (χ1n) is 5.34. The standard InChI is InChI=1S/C12H13N3O/c13-12-6-11(14-15-12)9-1-2-10-7-16-4-3-8(10)5-9/h1-2,5-6H,3-4,7H2,(H3,13,14,15). The number of nitrogens with two attached hydrogens (primary N) is 1. The van der Waals surface area contributed by atoms with E-state index in [0.29, 0.717) is 5.82 Å². The first-order valence-corrected chi connectivity index (χ1v) is 5.34. The Balaban J connectivity index is 2.02. The minimum absolute atomic E-state index is 0.524. The highest BCUT2D eigenvalue weighted by Crippen LogP contribution is 2.24. The van der Waals surface area contributed by atoms with E-state index in [1.54, 1.807) is 0 Å². The summed E-state index contributed by atoms with van der Waals surface area (Å²) in [6, 6.07) is 8.22. The van der Waals surface area contributed by atoms with E-state index < -0.39 is 0 Å². The number of hydrogen-bond donors (Lipinski definition) is 2. The molecule has 0 atom stereocenters. The molecule has 0 radical (unpaired) electrons. The zero-order chi connectivity index (χ0) is 11.0. The average molecular weight is 215 g/mol. The number of nitrogens with zero attached hydrogens (tertiary/aromatic N) is 1. The maximum absolute atomic E-state index is 5.59. The van der Waals surface area contributed by atoms with Gasteiger partial charge >= 0.3 is 0 Å². The first kappa shape index (κ1) is 9.42. The van der Waals surface area contributed by atoms with Gasteiger partial charge in [0, 0.05) is 6.07 Å². The number of ether oxygens (including phenoxy) is 1. The third kappa shape index (κ3) is 1.57. The second-order valence-corrected chi connectivity index (χ2v) is 3.99. The fraction of sp³-hybridized carbons (Fsp3) is 0.250. The molecule has 16 heavy (non-hydrogen) atoms. The van der Waals surface area contributed by atoms with Gasteiger partial charge in [0.15, 0.2) is 0 Å². The summed E-state index contributed by atoms with van der Waals surface area (Å²) in [6.45, 7) is 1.53. The Bertz CT molecular complexity index is 519. The van der Waals surface area contributed by atoms with Gasteiger partial charge in [0.05, 0.1) is 18.9 Å². The molecule has 1 aromatic carbocycles. The van der Waals surface area contributed by atoms with Crippen LogP contribution in [0.3, 0.4) is 0 Å². The van der Waals surface area contributed by atoms with E-state index in [4.69, 9.17) is 10.5 Å². The van der Waals surface area contributed by atoms with E-state index >= 15 is 0 Å². The molecule has 4 heteroatoms. The predicted molar refractivity (Wildman–Crippen MR) is 61.8 cm³/mol. The van der Waals surface area contributed by atoms with Gasteiger partial charge in [-0.25, -0.2) is 0 Å². The molecule has 2 aromatic rings. The lowest BCUT2D eigenvalue weighted by atomic mass is 9.99. The number of benzene rings is 1. The molecule has 3 N–H and O–H groups in total. The minimum atomic E-state index is 0.524. The molecule has 82 valence electrons. The molecule has 4 nitrogen and oxygen atoms in total. The van der Waals surface area contributed by atoms with Gasteiger partial charge in [0.1, 0.15) is 5.82 Å². The molecule has 0 bridgehead atoms. The molecule has 1 aromatic heterocycles. The highest BCUT2D eigenvalue weighted by atomic mass is 16.5. The van der Waals surface area contributed by atoms with Crippen LogP contribution in [-0.2, 0) is 17.8 Å². The van der Waals surface area contributed by atoms with Crippen molar-refractivity contribution in [1.82, 2.24) is 10.2 Å². The second kappa shape index (κ2) is 3.64. The molecular formula is C12H13N3O. The van der Waals surface area contributed by atoms with Gasteiger partial charge in [-0.15, -0.1) is 0 Å². The van der Waals surface area contributed by atoms with Crippen LogP contribution in [0.1, 0.15) is 11.1 Å². The van der Waals surface area contributed by atoms with E-state index in [2.05, 4.69) is 28.4 Å². The maximum Gasteiger partial charge on any atom is 0.145 e. The van der Waals surface area contributed by atoms with Crippen LogP contribution in [0, 0.1) is 0 Å². The van der Waals surface area contributed by atoms with E-state index in [0.717, 1.165) is 30.9 Å². The fourth-order valence-corrected chi connectivity index (χ4v) is 2.02. The Morgan fingerprint density at radius 3 is 3.00 bits per heavy atom. The van der Waals surface area contributed by atoms with Crippen molar-refractivity contribution in [1.29, 1.82) is 0 Å². The SMILES string of the molecule is Nc1cc(-c2ccc3c(c2)CCOC3)[nH]n1. The molecule has 0 saturated carbocycles. The number of H-pyrrole nitrogens is 1. The monoisotopic (exact) mass is 215 g/mol. The summed E-state index contributed by atoms with van der Waals surface area (Å²) < 4.78 is 5.41. The number of rotatable bonds is 1. The van der Waals surface area contributed by atoms with Gasteiger partial charge in [-0.2, -0.15) is 5.10 Å². The summed E-state index contributed by atoms with van der Waals surface area (Å²) in [5.74, 6) is 0.524. The average Bonchev–Trinajstić information content (AvgIpc) is 2.75. The van der Waals surface area contributed by atoms with Crippen molar-refractivity contribution < 1.29 is 4.74 Å².